The van der Waals surface area contributed by atoms with Gasteiger partial charge in [-0.2, -0.15) is 0 Å². The fraction of sp³-hybridized carbons (Fsp3) is 0.429. The zero-order valence-electron chi connectivity index (χ0n) is 14.2. The van der Waals surface area contributed by atoms with Crippen LogP contribution in [0.15, 0.2) is 60.7 Å². The number of aliphatic hydroxyl groups is 1. The summed E-state index contributed by atoms with van der Waals surface area (Å²) < 4.78 is 0. The number of benzene rings is 2. The van der Waals surface area contributed by atoms with E-state index in [-0.39, 0.29) is 6.04 Å². The third-order valence-corrected chi connectivity index (χ3v) is 4.79. The third kappa shape index (κ3) is 4.01. The summed E-state index contributed by atoms with van der Waals surface area (Å²) in [5.74, 6) is 0.426. The van der Waals surface area contributed by atoms with Crippen LogP contribution in [0, 0.1) is 5.92 Å². The van der Waals surface area contributed by atoms with Gasteiger partial charge in [-0.05, 0) is 29.9 Å². The molecule has 1 N–H and O–H groups in total. The quantitative estimate of drug-likeness (QED) is 0.827. The average Bonchev–Trinajstić information content (AvgIpc) is 3.27. The Hall–Kier alpha value is -1.64. The van der Waals surface area contributed by atoms with Crippen molar-refractivity contribution in [3.8, 4) is 0 Å². The molecule has 0 saturated heterocycles. The van der Waals surface area contributed by atoms with E-state index in [0.717, 1.165) is 25.9 Å². The predicted octanol–water partition coefficient (Wildman–Crippen LogP) is 4.24. The van der Waals surface area contributed by atoms with Crippen LogP contribution in [0.4, 0.5) is 0 Å². The fourth-order valence-electron chi connectivity index (χ4n) is 3.69. The SMILES string of the molecule is CC(C)[C@H](N(Cc1ccccc1)Cc1ccccc1)C1(O)CC1. The van der Waals surface area contributed by atoms with Crippen LogP contribution in [0.3, 0.4) is 0 Å². The molecule has 2 aromatic carbocycles. The molecule has 1 saturated carbocycles. The molecule has 1 aliphatic carbocycles. The molecule has 122 valence electrons. The van der Waals surface area contributed by atoms with Crippen LogP contribution in [0.25, 0.3) is 0 Å². The smallest absolute Gasteiger partial charge is 0.0807 e. The zero-order valence-corrected chi connectivity index (χ0v) is 14.2. The second-order valence-corrected chi connectivity index (χ2v) is 7.17. The summed E-state index contributed by atoms with van der Waals surface area (Å²) in [6.07, 6.45) is 1.85. The summed E-state index contributed by atoms with van der Waals surface area (Å²) in [6, 6.07) is 21.4. The molecule has 0 amide bonds. The van der Waals surface area contributed by atoms with Gasteiger partial charge in [-0.1, -0.05) is 74.5 Å². The Morgan fingerprint density at radius 2 is 1.30 bits per heavy atom. The van der Waals surface area contributed by atoms with Gasteiger partial charge in [0.2, 0.25) is 0 Å². The highest BCUT2D eigenvalue weighted by molar-refractivity contribution is 5.19. The summed E-state index contributed by atoms with van der Waals surface area (Å²) in [6.45, 7) is 6.20. The molecule has 2 nitrogen and oxygen atoms in total. The highest BCUT2D eigenvalue weighted by Crippen LogP contribution is 2.44. The number of hydrogen-bond acceptors (Lipinski definition) is 2. The lowest BCUT2D eigenvalue weighted by molar-refractivity contribution is -0.00374. The molecule has 0 bridgehead atoms. The first-order chi connectivity index (χ1) is 11.1. The monoisotopic (exact) mass is 309 g/mol. The van der Waals surface area contributed by atoms with E-state index in [9.17, 15) is 5.11 Å². The Kier molecular flexibility index (Phi) is 4.84. The van der Waals surface area contributed by atoms with Crippen molar-refractivity contribution in [1.82, 2.24) is 4.90 Å². The van der Waals surface area contributed by atoms with Crippen molar-refractivity contribution < 1.29 is 5.11 Å². The minimum Gasteiger partial charge on any atom is -0.388 e. The average molecular weight is 309 g/mol. The first-order valence-corrected chi connectivity index (χ1v) is 8.63. The van der Waals surface area contributed by atoms with Gasteiger partial charge in [0, 0.05) is 19.1 Å². The van der Waals surface area contributed by atoms with Crippen LogP contribution >= 0.6 is 0 Å². The Labute approximate surface area is 139 Å². The van der Waals surface area contributed by atoms with Gasteiger partial charge in [0.15, 0.2) is 0 Å². The van der Waals surface area contributed by atoms with Crippen LogP contribution in [0.1, 0.15) is 37.8 Å². The van der Waals surface area contributed by atoms with Gasteiger partial charge in [-0.25, -0.2) is 0 Å². The maximum absolute atomic E-state index is 10.8. The van der Waals surface area contributed by atoms with E-state index in [1.54, 1.807) is 0 Å². The van der Waals surface area contributed by atoms with Crippen molar-refractivity contribution in [2.24, 2.45) is 5.92 Å². The molecule has 1 fully saturated rings. The molecule has 1 atom stereocenters. The topological polar surface area (TPSA) is 23.5 Å². The van der Waals surface area contributed by atoms with E-state index in [0.29, 0.717) is 5.92 Å². The van der Waals surface area contributed by atoms with E-state index in [1.165, 1.54) is 11.1 Å². The van der Waals surface area contributed by atoms with E-state index in [1.807, 2.05) is 0 Å². The molecule has 1 aliphatic rings. The highest BCUT2D eigenvalue weighted by Gasteiger charge is 2.51. The van der Waals surface area contributed by atoms with Gasteiger partial charge in [0.05, 0.1) is 5.60 Å². The lowest BCUT2D eigenvalue weighted by Gasteiger charge is -2.38. The minimum atomic E-state index is -0.502. The van der Waals surface area contributed by atoms with Crippen LogP contribution in [0.2, 0.25) is 0 Å². The Morgan fingerprint density at radius 3 is 1.65 bits per heavy atom. The lowest BCUT2D eigenvalue weighted by Crippen LogP contribution is -2.47. The van der Waals surface area contributed by atoms with Crippen LogP contribution in [-0.4, -0.2) is 21.6 Å². The summed E-state index contributed by atoms with van der Waals surface area (Å²) in [5, 5.41) is 10.8. The third-order valence-electron chi connectivity index (χ3n) is 4.79. The minimum absolute atomic E-state index is 0.197. The van der Waals surface area contributed by atoms with E-state index in [4.69, 9.17) is 0 Å². The van der Waals surface area contributed by atoms with Crippen LogP contribution < -0.4 is 0 Å². The predicted molar refractivity (Wildman–Crippen MR) is 94.9 cm³/mol. The van der Waals surface area contributed by atoms with Crippen molar-refractivity contribution in [3.63, 3.8) is 0 Å². The second-order valence-electron chi connectivity index (χ2n) is 7.17. The largest absolute Gasteiger partial charge is 0.388 e. The number of hydrogen-bond donors (Lipinski definition) is 1. The standard InChI is InChI=1S/C21H27NO/c1-17(2)20(21(23)13-14-21)22(15-18-9-5-3-6-10-18)16-19-11-7-4-8-12-19/h3-12,17,20,23H,13-16H2,1-2H3/t20-/m0/s1. The van der Waals surface area contributed by atoms with Gasteiger partial charge in [-0.15, -0.1) is 0 Å². The van der Waals surface area contributed by atoms with E-state index < -0.39 is 5.60 Å². The first kappa shape index (κ1) is 16.2. The van der Waals surface area contributed by atoms with Gasteiger partial charge >= 0.3 is 0 Å². The molecule has 2 heteroatoms. The molecular weight excluding hydrogens is 282 g/mol. The van der Waals surface area contributed by atoms with E-state index in [2.05, 4.69) is 79.4 Å². The normalized spacial score (nSPS) is 17.4. The van der Waals surface area contributed by atoms with Gasteiger partial charge in [0.1, 0.15) is 0 Å². The van der Waals surface area contributed by atoms with Gasteiger partial charge in [0.25, 0.3) is 0 Å². The van der Waals surface area contributed by atoms with Gasteiger partial charge < -0.3 is 5.11 Å². The lowest BCUT2D eigenvalue weighted by atomic mass is 9.93. The van der Waals surface area contributed by atoms with Gasteiger partial charge in [-0.3, -0.25) is 4.90 Å². The highest BCUT2D eigenvalue weighted by atomic mass is 16.3. The molecule has 0 spiro atoms. The molecule has 0 aliphatic heterocycles. The summed E-state index contributed by atoms with van der Waals surface area (Å²) in [4.78, 5) is 2.46. The Bertz CT molecular complexity index is 563. The Morgan fingerprint density at radius 1 is 0.870 bits per heavy atom. The molecule has 0 heterocycles. The molecule has 0 aromatic heterocycles. The first-order valence-electron chi connectivity index (χ1n) is 8.63. The number of nitrogens with zero attached hydrogens (tertiary/aromatic N) is 1. The van der Waals surface area contributed by atoms with Crippen molar-refractivity contribution in [3.05, 3.63) is 71.8 Å². The van der Waals surface area contributed by atoms with E-state index >= 15 is 0 Å². The summed E-state index contributed by atoms with van der Waals surface area (Å²) in [5.41, 5.74) is 2.11. The molecular formula is C21H27NO. The maximum atomic E-state index is 10.8. The van der Waals surface area contributed by atoms with Crippen molar-refractivity contribution in [1.29, 1.82) is 0 Å². The molecule has 3 rings (SSSR count). The van der Waals surface area contributed by atoms with Crippen molar-refractivity contribution >= 4 is 0 Å². The molecule has 0 radical (unpaired) electrons. The summed E-state index contributed by atoms with van der Waals surface area (Å²) >= 11 is 0. The molecule has 2 aromatic rings. The fourth-order valence-corrected chi connectivity index (χ4v) is 3.69. The Balaban J connectivity index is 1.85. The second kappa shape index (κ2) is 6.86. The zero-order chi connectivity index (χ0) is 16.3. The van der Waals surface area contributed by atoms with Crippen molar-refractivity contribution in [2.45, 2.75) is 51.4 Å². The molecule has 23 heavy (non-hydrogen) atoms. The maximum Gasteiger partial charge on any atom is 0.0807 e. The summed E-state index contributed by atoms with van der Waals surface area (Å²) in [7, 11) is 0. The van der Waals surface area contributed by atoms with Crippen molar-refractivity contribution in [2.75, 3.05) is 0 Å². The van der Waals surface area contributed by atoms with Crippen LogP contribution in [-0.2, 0) is 13.1 Å². The molecule has 0 unspecified atom stereocenters. The van der Waals surface area contributed by atoms with Crippen LogP contribution in [0.5, 0.6) is 0 Å². The number of rotatable bonds is 7.